The van der Waals surface area contributed by atoms with E-state index in [0.29, 0.717) is 4.90 Å². The SMILES string of the molecule is CS(=O)(=O)c1ccc(Sc2ccc(Br)cc2CO)cc1. The summed E-state index contributed by atoms with van der Waals surface area (Å²) in [6.45, 7) is -0.0385. The maximum atomic E-state index is 11.4. The first-order valence-corrected chi connectivity index (χ1v) is 9.27. The average molecular weight is 373 g/mol. The van der Waals surface area contributed by atoms with Crippen LogP contribution in [-0.2, 0) is 16.4 Å². The van der Waals surface area contributed by atoms with Gasteiger partial charge < -0.3 is 5.11 Å². The molecule has 0 atom stereocenters. The van der Waals surface area contributed by atoms with Crippen molar-refractivity contribution in [1.82, 2.24) is 0 Å². The van der Waals surface area contributed by atoms with Gasteiger partial charge in [0.2, 0.25) is 0 Å². The number of benzene rings is 2. The van der Waals surface area contributed by atoms with Gasteiger partial charge >= 0.3 is 0 Å². The largest absolute Gasteiger partial charge is 0.392 e. The highest BCUT2D eigenvalue weighted by Gasteiger charge is 2.08. The van der Waals surface area contributed by atoms with E-state index in [1.54, 1.807) is 24.3 Å². The van der Waals surface area contributed by atoms with Crippen LogP contribution in [0.25, 0.3) is 0 Å². The van der Waals surface area contributed by atoms with Gasteiger partial charge in [0.1, 0.15) is 0 Å². The van der Waals surface area contributed by atoms with Gasteiger partial charge in [-0.15, -0.1) is 0 Å². The van der Waals surface area contributed by atoms with Crippen molar-refractivity contribution in [3.63, 3.8) is 0 Å². The lowest BCUT2D eigenvalue weighted by Gasteiger charge is -2.08. The van der Waals surface area contributed by atoms with E-state index >= 15 is 0 Å². The fourth-order valence-electron chi connectivity index (χ4n) is 1.65. The maximum absolute atomic E-state index is 11.4. The standard InChI is InChI=1S/C14H13BrO3S2/c1-20(17,18)13-5-3-12(4-6-13)19-14-7-2-11(15)8-10(14)9-16/h2-8,16H,9H2,1H3. The molecule has 0 spiro atoms. The molecular formula is C14H13BrO3S2. The lowest BCUT2D eigenvalue weighted by atomic mass is 10.2. The number of aliphatic hydroxyl groups excluding tert-OH is 1. The minimum atomic E-state index is -3.17. The van der Waals surface area contributed by atoms with Gasteiger partial charge in [0.25, 0.3) is 0 Å². The Morgan fingerprint density at radius 1 is 1.15 bits per heavy atom. The molecule has 0 bridgehead atoms. The van der Waals surface area contributed by atoms with Gasteiger partial charge in [-0.25, -0.2) is 8.42 Å². The van der Waals surface area contributed by atoms with E-state index in [2.05, 4.69) is 15.9 Å². The van der Waals surface area contributed by atoms with Crippen LogP contribution in [-0.4, -0.2) is 19.8 Å². The van der Waals surface area contributed by atoms with Crippen molar-refractivity contribution >= 4 is 37.5 Å². The molecule has 0 unspecified atom stereocenters. The van der Waals surface area contributed by atoms with Gasteiger partial charge in [0.15, 0.2) is 9.84 Å². The fraction of sp³-hybridized carbons (Fsp3) is 0.143. The molecule has 20 heavy (non-hydrogen) atoms. The van der Waals surface area contributed by atoms with Crippen LogP contribution in [0.4, 0.5) is 0 Å². The molecule has 0 fully saturated rings. The molecule has 0 heterocycles. The lowest BCUT2D eigenvalue weighted by Crippen LogP contribution is -1.96. The van der Waals surface area contributed by atoms with Crippen molar-refractivity contribution in [2.24, 2.45) is 0 Å². The van der Waals surface area contributed by atoms with Crippen LogP contribution in [0.5, 0.6) is 0 Å². The number of hydrogen-bond donors (Lipinski definition) is 1. The zero-order valence-corrected chi connectivity index (χ0v) is 13.9. The number of sulfone groups is 1. The Labute approximate surface area is 131 Å². The van der Waals surface area contributed by atoms with E-state index in [9.17, 15) is 13.5 Å². The minimum absolute atomic E-state index is 0.0385. The van der Waals surface area contributed by atoms with Crippen molar-refractivity contribution in [1.29, 1.82) is 0 Å². The third kappa shape index (κ3) is 3.85. The molecule has 0 radical (unpaired) electrons. The highest BCUT2D eigenvalue weighted by molar-refractivity contribution is 9.10. The van der Waals surface area contributed by atoms with Crippen LogP contribution in [0.3, 0.4) is 0 Å². The summed E-state index contributed by atoms with van der Waals surface area (Å²) in [6.07, 6.45) is 1.19. The number of hydrogen-bond acceptors (Lipinski definition) is 4. The van der Waals surface area contributed by atoms with Crippen LogP contribution in [0.1, 0.15) is 5.56 Å². The minimum Gasteiger partial charge on any atom is -0.392 e. The Hall–Kier alpha value is -0.820. The van der Waals surface area contributed by atoms with E-state index in [1.807, 2.05) is 18.2 Å². The molecule has 3 nitrogen and oxygen atoms in total. The summed E-state index contributed by atoms with van der Waals surface area (Å²) in [5, 5.41) is 9.36. The molecule has 2 aromatic carbocycles. The van der Waals surface area contributed by atoms with Crippen LogP contribution in [0.15, 0.2) is 61.6 Å². The second-order valence-corrected chi connectivity index (χ2v) is 8.30. The summed E-state index contributed by atoms with van der Waals surface area (Å²) in [4.78, 5) is 2.18. The van der Waals surface area contributed by atoms with Crippen molar-refractivity contribution in [2.75, 3.05) is 6.26 Å². The molecule has 1 N–H and O–H groups in total. The number of rotatable bonds is 4. The summed E-state index contributed by atoms with van der Waals surface area (Å²) in [5.41, 5.74) is 0.830. The van der Waals surface area contributed by atoms with Gasteiger partial charge in [-0.2, -0.15) is 0 Å². The van der Waals surface area contributed by atoms with E-state index in [0.717, 1.165) is 19.8 Å². The van der Waals surface area contributed by atoms with Gasteiger partial charge in [-0.1, -0.05) is 27.7 Å². The first-order chi connectivity index (χ1) is 9.40. The van der Waals surface area contributed by atoms with Crippen molar-refractivity contribution in [3.05, 3.63) is 52.5 Å². The second-order valence-electron chi connectivity index (χ2n) is 4.26. The van der Waals surface area contributed by atoms with E-state index in [1.165, 1.54) is 18.0 Å². The number of halogens is 1. The van der Waals surface area contributed by atoms with Crippen molar-refractivity contribution in [2.45, 2.75) is 21.3 Å². The van der Waals surface area contributed by atoms with Crippen LogP contribution in [0, 0.1) is 0 Å². The molecule has 0 aliphatic carbocycles. The molecule has 2 rings (SSSR count). The first kappa shape index (κ1) is 15.6. The quantitative estimate of drug-likeness (QED) is 0.892. The molecule has 2 aromatic rings. The van der Waals surface area contributed by atoms with Crippen LogP contribution < -0.4 is 0 Å². The Bertz CT molecular complexity index is 710. The van der Waals surface area contributed by atoms with Gasteiger partial charge in [0, 0.05) is 20.5 Å². The Balaban J connectivity index is 2.27. The zero-order chi connectivity index (χ0) is 14.8. The Morgan fingerprint density at radius 3 is 2.35 bits per heavy atom. The topological polar surface area (TPSA) is 54.4 Å². The second kappa shape index (κ2) is 6.30. The summed E-state index contributed by atoms with van der Waals surface area (Å²) >= 11 is 4.86. The predicted octanol–water partition coefficient (Wildman–Crippen LogP) is 3.50. The Morgan fingerprint density at radius 2 is 1.80 bits per heavy atom. The molecule has 0 aromatic heterocycles. The van der Waals surface area contributed by atoms with Crippen LogP contribution >= 0.6 is 27.7 Å². The predicted molar refractivity (Wildman–Crippen MR) is 83.7 cm³/mol. The summed E-state index contributed by atoms with van der Waals surface area (Å²) in [5.74, 6) is 0. The highest BCUT2D eigenvalue weighted by Crippen LogP contribution is 2.32. The zero-order valence-electron chi connectivity index (χ0n) is 10.7. The van der Waals surface area contributed by atoms with Gasteiger partial charge in [0.05, 0.1) is 11.5 Å². The lowest BCUT2D eigenvalue weighted by molar-refractivity contribution is 0.279. The third-order valence-electron chi connectivity index (χ3n) is 2.67. The van der Waals surface area contributed by atoms with Crippen molar-refractivity contribution in [3.8, 4) is 0 Å². The molecule has 0 aliphatic rings. The monoisotopic (exact) mass is 372 g/mol. The van der Waals surface area contributed by atoms with Gasteiger partial charge in [-0.3, -0.25) is 0 Å². The van der Waals surface area contributed by atoms with Gasteiger partial charge in [-0.05, 0) is 48.0 Å². The van der Waals surface area contributed by atoms with Crippen molar-refractivity contribution < 1.29 is 13.5 Å². The van der Waals surface area contributed by atoms with E-state index in [4.69, 9.17) is 0 Å². The fourth-order valence-corrected chi connectivity index (χ4v) is 3.61. The molecule has 0 aliphatic heterocycles. The molecule has 0 saturated heterocycles. The molecule has 6 heteroatoms. The molecular weight excluding hydrogens is 360 g/mol. The average Bonchev–Trinajstić information content (AvgIpc) is 2.40. The summed E-state index contributed by atoms with van der Waals surface area (Å²) < 4.78 is 23.7. The summed E-state index contributed by atoms with van der Waals surface area (Å²) in [6, 6.07) is 12.4. The smallest absolute Gasteiger partial charge is 0.175 e. The number of aliphatic hydroxyl groups is 1. The molecule has 0 amide bonds. The van der Waals surface area contributed by atoms with E-state index in [-0.39, 0.29) is 6.61 Å². The summed E-state index contributed by atoms with van der Waals surface area (Å²) in [7, 11) is -3.17. The van der Waals surface area contributed by atoms with E-state index < -0.39 is 9.84 Å². The molecule has 106 valence electrons. The molecule has 0 saturated carbocycles. The normalized spacial score (nSPS) is 11.6. The first-order valence-electron chi connectivity index (χ1n) is 5.77. The third-order valence-corrected chi connectivity index (χ3v) is 5.42. The maximum Gasteiger partial charge on any atom is 0.175 e. The van der Waals surface area contributed by atoms with Crippen LogP contribution in [0.2, 0.25) is 0 Å². The Kier molecular flexibility index (Phi) is 4.90. The highest BCUT2D eigenvalue weighted by atomic mass is 79.9.